The second kappa shape index (κ2) is 7.84. The van der Waals surface area contributed by atoms with Gasteiger partial charge in [0.15, 0.2) is 17.3 Å². The molecule has 0 aliphatic carbocycles. The first-order valence-corrected chi connectivity index (χ1v) is 7.98. The second-order valence-corrected chi connectivity index (χ2v) is 5.93. The summed E-state index contributed by atoms with van der Waals surface area (Å²) in [5.41, 5.74) is 2.59. The molecule has 0 radical (unpaired) electrons. The highest BCUT2D eigenvalue weighted by molar-refractivity contribution is 9.10. The van der Waals surface area contributed by atoms with Crippen LogP contribution in [0.2, 0.25) is 0 Å². The van der Waals surface area contributed by atoms with Crippen LogP contribution in [0.5, 0.6) is 11.5 Å². The normalized spacial score (nSPS) is 9.96. The van der Waals surface area contributed by atoms with Gasteiger partial charge in [-0.3, -0.25) is 4.79 Å². The van der Waals surface area contributed by atoms with Gasteiger partial charge in [0.25, 0.3) is 0 Å². The smallest absolute Gasteiger partial charge is 0.161 e. The van der Waals surface area contributed by atoms with Gasteiger partial charge in [0.05, 0.1) is 25.5 Å². The van der Waals surface area contributed by atoms with Crippen molar-refractivity contribution in [2.75, 3.05) is 19.5 Å². The van der Waals surface area contributed by atoms with E-state index in [1.54, 1.807) is 32.4 Å². The number of nitriles is 1. The zero-order chi connectivity index (χ0) is 17.7. The van der Waals surface area contributed by atoms with Gasteiger partial charge < -0.3 is 14.8 Å². The molecule has 0 aliphatic heterocycles. The average Bonchev–Trinajstić information content (AvgIpc) is 2.59. The zero-order valence-corrected chi connectivity index (χ0v) is 15.2. The standard InChI is InChI=1S/C18H17BrN2O3/c1-11(22)12-4-5-13(9-20)16(6-12)21-10-14-7-17(23-2)18(24-3)8-15(14)19/h4-8,21H,10H2,1-3H3. The molecule has 0 amide bonds. The monoisotopic (exact) mass is 388 g/mol. The maximum absolute atomic E-state index is 11.5. The Morgan fingerprint density at radius 3 is 2.46 bits per heavy atom. The van der Waals surface area contributed by atoms with Crippen LogP contribution < -0.4 is 14.8 Å². The quantitative estimate of drug-likeness (QED) is 0.752. The van der Waals surface area contributed by atoms with Crippen molar-refractivity contribution in [3.63, 3.8) is 0 Å². The van der Waals surface area contributed by atoms with Crippen molar-refractivity contribution in [2.24, 2.45) is 0 Å². The van der Waals surface area contributed by atoms with Crippen LogP contribution in [0.3, 0.4) is 0 Å². The van der Waals surface area contributed by atoms with E-state index in [1.807, 2.05) is 12.1 Å². The molecule has 2 aromatic carbocycles. The molecule has 0 heterocycles. The van der Waals surface area contributed by atoms with Gasteiger partial charge in [-0.2, -0.15) is 5.26 Å². The van der Waals surface area contributed by atoms with E-state index in [9.17, 15) is 10.1 Å². The van der Waals surface area contributed by atoms with Crippen molar-refractivity contribution < 1.29 is 14.3 Å². The maximum Gasteiger partial charge on any atom is 0.161 e. The van der Waals surface area contributed by atoms with Gasteiger partial charge in [0.2, 0.25) is 0 Å². The third-order valence-electron chi connectivity index (χ3n) is 3.57. The Morgan fingerprint density at radius 2 is 1.88 bits per heavy atom. The topological polar surface area (TPSA) is 71.3 Å². The van der Waals surface area contributed by atoms with E-state index in [-0.39, 0.29) is 5.78 Å². The minimum absolute atomic E-state index is 0.0464. The van der Waals surface area contributed by atoms with Gasteiger partial charge >= 0.3 is 0 Å². The number of nitrogens with one attached hydrogen (secondary N) is 1. The Hall–Kier alpha value is -2.52. The molecule has 5 nitrogen and oxygen atoms in total. The number of carbonyl (C=O) groups excluding carboxylic acids is 1. The van der Waals surface area contributed by atoms with E-state index in [4.69, 9.17) is 9.47 Å². The van der Waals surface area contributed by atoms with Gasteiger partial charge in [-0.1, -0.05) is 15.9 Å². The summed E-state index contributed by atoms with van der Waals surface area (Å²) in [6.07, 6.45) is 0. The number of anilines is 1. The van der Waals surface area contributed by atoms with Crippen molar-refractivity contribution in [2.45, 2.75) is 13.5 Å². The van der Waals surface area contributed by atoms with Crippen LogP contribution in [0.4, 0.5) is 5.69 Å². The highest BCUT2D eigenvalue weighted by atomic mass is 79.9. The van der Waals surface area contributed by atoms with Gasteiger partial charge in [0.1, 0.15) is 6.07 Å². The van der Waals surface area contributed by atoms with E-state index in [2.05, 4.69) is 27.3 Å². The predicted molar refractivity (Wildman–Crippen MR) is 95.7 cm³/mol. The lowest BCUT2D eigenvalue weighted by Gasteiger charge is -2.14. The molecule has 1 N–H and O–H groups in total. The molecule has 0 aromatic heterocycles. The maximum atomic E-state index is 11.5. The van der Waals surface area contributed by atoms with Crippen LogP contribution in [0.1, 0.15) is 28.4 Å². The Morgan fingerprint density at radius 1 is 1.21 bits per heavy atom. The fourth-order valence-corrected chi connectivity index (χ4v) is 2.69. The number of ketones is 1. The van der Waals surface area contributed by atoms with Crippen molar-refractivity contribution in [3.8, 4) is 17.6 Å². The first-order valence-electron chi connectivity index (χ1n) is 7.19. The van der Waals surface area contributed by atoms with Crippen molar-refractivity contribution in [1.29, 1.82) is 5.26 Å². The number of benzene rings is 2. The van der Waals surface area contributed by atoms with Crippen LogP contribution in [-0.4, -0.2) is 20.0 Å². The second-order valence-electron chi connectivity index (χ2n) is 5.08. The minimum atomic E-state index is -0.0464. The van der Waals surface area contributed by atoms with Gasteiger partial charge in [0, 0.05) is 16.6 Å². The van der Waals surface area contributed by atoms with Crippen LogP contribution in [0.25, 0.3) is 0 Å². The number of carbonyl (C=O) groups is 1. The van der Waals surface area contributed by atoms with Gasteiger partial charge in [-0.15, -0.1) is 0 Å². The molecular weight excluding hydrogens is 372 g/mol. The summed E-state index contributed by atoms with van der Waals surface area (Å²) < 4.78 is 11.4. The van der Waals surface area contributed by atoms with Crippen LogP contribution in [0, 0.1) is 11.3 Å². The summed E-state index contributed by atoms with van der Waals surface area (Å²) in [5.74, 6) is 1.20. The van der Waals surface area contributed by atoms with E-state index in [0.29, 0.717) is 34.9 Å². The third kappa shape index (κ3) is 3.87. The molecule has 2 aromatic rings. The first-order chi connectivity index (χ1) is 11.5. The fraction of sp³-hybridized carbons (Fsp3) is 0.222. The fourth-order valence-electron chi connectivity index (χ4n) is 2.23. The number of nitrogens with zero attached hydrogens (tertiary/aromatic N) is 1. The summed E-state index contributed by atoms with van der Waals surface area (Å²) in [6.45, 7) is 1.95. The van der Waals surface area contributed by atoms with Crippen molar-refractivity contribution in [1.82, 2.24) is 0 Å². The summed E-state index contributed by atoms with van der Waals surface area (Å²) >= 11 is 3.50. The number of Topliss-reactive ketones (excluding diaryl/α,β-unsaturated/α-hetero) is 1. The number of halogens is 1. The van der Waals surface area contributed by atoms with Crippen LogP contribution in [0.15, 0.2) is 34.8 Å². The lowest BCUT2D eigenvalue weighted by Crippen LogP contribution is -2.04. The molecule has 24 heavy (non-hydrogen) atoms. The Balaban J connectivity index is 2.29. The Bertz CT molecular complexity index is 813. The molecule has 2 rings (SSSR count). The molecule has 0 bridgehead atoms. The van der Waals surface area contributed by atoms with Crippen molar-refractivity contribution >= 4 is 27.4 Å². The van der Waals surface area contributed by atoms with E-state index in [1.165, 1.54) is 6.92 Å². The van der Waals surface area contributed by atoms with E-state index < -0.39 is 0 Å². The summed E-state index contributed by atoms with van der Waals surface area (Å²) in [6, 6.07) is 10.8. The first kappa shape index (κ1) is 17.8. The molecule has 0 saturated heterocycles. The number of hydrogen-bond acceptors (Lipinski definition) is 5. The van der Waals surface area contributed by atoms with Gasteiger partial charge in [-0.25, -0.2) is 0 Å². The van der Waals surface area contributed by atoms with Crippen LogP contribution >= 0.6 is 15.9 Å². The number of hydrogen-bond donors (Lipinski definition) is 1. The molecule has 0 fully saturated rings. The van der Waals surface area contributed by atoms with Crippen LogP contribution in [-0.2, 0) is 6.54 Å². The van der Waals surface area contributed by atoms with Gasteiger partial charge in [-0.05, 0) is 42.8 Å². The third-order valence-corrected chi connectivity index (χ3v) is 4.31. The highest BCUT2D eigenvalue weighted by Crippen LogP contribution is 2.33. The number of rotatable bonds is 6. The molecule has 0 unspecified atom stereocenters. The lowest BCUT2D eigenvalue weighted by atomic mass is 10.1. The number of methoxy groups -OCH3 is 2. The summed E-state index contributed by atoms with van der Waals surface area (Å²) in [4.78, 5) is 11.5. The molecular formula is C18H17BrN2O3. The number of ether oxygens (including phenoxy) is 2. The van der Waals surface area contributed by atoms with E-state index >= 15 is 0 Å². The largest absolute Gasteiger partial charge is 0.493 e. The molecule has 124 valence electrons. The molecule has 0 atom stereocenters. The summed E-state index contributed by atoms with van der Waals surface area (Å²) in [7, 11) is 3.15. The summed E-state index contributed by atoms with van der Waals surface area (Å²) in [5, 5.41) is 12.4. The average molecular weight is 389 g/mol. The Labute approximate surface area is 149 Å². The Kier molecular flexibility index (Phi) is 5.83. The van der Waals surface area contributed by atoms with Crippen molar-refractivity contribution in [3.05, 3.63) is 51.5 Å². The molecule has 0 saturated carbocycles. The highest BCUT2D eigenvalue weighted by Gasteiger charge is 2.11. The molecule has 0 spiro atoms. The minimum Gasteiger partial charge on any atom is -0.493 e. The lowest BCUT2D eigenvalue weighted by molar-refractivity contribution is 0.101. The predicted octanol–water partition coefficient (Wildman–Crippen LogP) is 4.15. The van der Waals surface area contributed by atoms with E-state index in [0.717, 1.165) is 10.0 Å². The zero-order valence-electron chi connectivity index (χ0n) is 13.6. The molecule has 6 heteroatoms. The SMILES string of the molecule is COc1cc(Br)c(CNc2cc(C(C)=O)ccc2C#N)cc1OC. The molecule has 0 aliphatic rings.